The molecule has 1 saturated carbocycles. The normalized spacial score (nSPS) is 24.0. The quantitative estimate of drug-likeness (QED) is 0.697. The van der Waals surface area contributed by atoms with Crippen molar-refractivity contribution >= 4 is 33.4 Å². The molecule has 11 heteroatoms. The first kappa shape index (κ1) is 21.8. The Bertz CT molecular complexity index is 1050. The van der Waals surface area contributed by atoms with E-state index in [2.05, 4.69) is 4.98 Å². The zero-order valence-electron chi connectivity index (χ0n) is 17.9. The summed E-state index contributed by atoms with van der Waals surface area (Å²) in [5.74, 6) is -3.56. The van der Waals surface area contributed by atoms with Crippen molar-refractivity contribution in [2.45, 2.75) is 45.1 Å². The lowest BCUT2D eigenvalue weighted by molar-refractivity contribution is 0.0270. The summed E-state index contributed by atoms with van der Waals surface area (Å²) in [6.45, 7) is 5.98. The minimum absolute atomic E-state index is 0.219. The highest BCUT2D eigenvalue weighted by Gasteiger charge is 2.59. The fraction of sp³-hybridized carbons (Fsp3) is 0.600. The van der Waals surface area contributed by atoms with Crippen LogP contribution in [0.15, 0.2) is 18.2 Å². The zero-order chi connectivity index (χ0) is 22.8. The molecular weight excluding hydrogens is 430 g/mol. The number of alkyl halides is 2. The Morgan fingerprint density at radius 2 is 2.00 bits per heavy atom. The Labute approximate surface area is 180 Å². The Hall–Kier alpha value is -2.43. The maximum Gasteiger partial charge on any atom is 0.410 e. The lowest BCUT2D eigenvalue weighted by atomic mass is 10.0. The summed E-state index contributed by atoms with van der Waals surface area (Å²) in [6, 6.07) is 3.31. The molecule has 3 aliphatic rings. The molecule has 1 aliphatic carbocycles. The van der Waals surface area contributed by atoms with Gasteiger partial charge in [0.05, 0.1) is 11.4 Å². The lowest BCUT2D eigenvalue weighted by Gasteiger charge is -2.29. The molecule has 0 radical (unpaired) electrons. The molecule has 0 N–H and O–H groups in total. The SMILES string of the molecule is CN1c2nc(C3=CCN(C(=O)OC(C)(C)C)CC3)ccc2N(CC2CC2(F)F)S1(=O)=O. The number of anilines is 2. The summed E-state index contributed by atoms with van der Waals surface area (Å²) < 4.78 is 59.6. The van der Waals surface area contributed by atoms with Gasteiger partial charge in [-0.3, -0.25) is 0 Å². The number of nitrogens with zero attached hydrogens (tertiary/aromatic N) is 4. The molecule has 1 aromatic rings. The van der Waals surface area contributed by atoms with Gasteiger partial charge in [0.15, 0.2) is 5.82 Å². The van der Waals surface area contributed by atoms with E-state index < -0.39 is 27.7 Å². The Kier molecular flexibility index (Phi) is 4.95. The molecule has 3 heterocycles. The maximum atomic E-state index is 13.4. The highest BCUT2D eigenvalue weighted by atomic mass is 32.2. The van der Waals surface area contributed by atoms with E-state index in [0.29, 0.717) is 30.9 Å². The van der Waals surface area contributed by atoms with Gasteiger partial charge in [0.1, 0.15) is 5.60 Å². The first-order chi connectivity index (χ1) is 14.3. The van der Waals surface area contributed by atoms with Crippen LogP contribution < -0.4 is 8.61 Å². The van der Waals surface area contributed by atoms with Crippen LogP contribution in [-0.4, -0.2) is 62.6 Å². The van der Waals surface area contributed by atoms with E-state index in [-0.39, 0.29) is 24.9 Å². The van der Waals surface area contributed by atoms with Crippen LogP contribution in [0.1, 0.15) is 39.3 Å². The molecule has 8 nitrogen and oxygen atoms in total. The van der Waals surface area contributed by atoms with Crippen molar-refractivity contribution in [2.75, 3.05) is 35.3 Å². The van der Waals surface area contributed by atoms with E-state index >= 15 is 0 Å². The monoisotopic (exact) mass is 456 g/mol. The molecule has 0 saturated heterocycles. The lowest BCUT2D eigenvalue weighted by Crippen LogP contribution is -2.39. The number of hydrogen-bond donors (Lipinski definition) is 0. The topological polar surface area (TPSA) is 83.1 Å². The molecule has 2 aliphatic heterocycles. The van der Waals surface area contributed by atoms with Gasteiger partial charge in [-0.25, -0.2) is 27.2 Å². The van der Waals surface area contributed by atoms with Gasteiger partial charge < -0.3 is 9.64 Å². The number of ether oxygens (including phenoxy) is 1. The molecule has 1 aromatic heterocycles. The van der Waals surface area contributed by atoms with Crippen LogP contribution in [0, 0.1) is 5.92 Å². The average molecular weight is 457 g/mol. The van der Waals surface area contributed by atoms with Crippen molar-refractivity contribution in [2.24, 2.45) is 5.92 Å². The molecule has 170 valence electrons. The van der Waals surface area contributed by atoms with Crippen LogP contribution in [0.4, 0.5) is 25.1 Å². The molecule has 1 unspecified atom stereocenters. The second-order valence-electron chi connectivity index (χ2n) is 9.11. The van der Waals surface area contributed by atoms with Gasteiger partial charge in [-0.05, 0) is 44.9 Å². The number of hydrogen-bond acceptors (Lipinski definition) is 5. The molecule has 31 heavy (non-hydrogen) atoms. The number of fused-ring (bicyclic) bond motifs is 1. The van der Waals surface area contributed by atoms with Crippen molar-refractivity contribution in [1.82, 2.24) is 9.88 Å². The van der Waals surface area contributed by atoms with E-state index in [4.69, 9.17) is 4.74 Å². The standard InChI is InChI=1S/C20H26F2N4O4S/c1-19(2,3)30-18(27)25-9-7-13(8-10-25)15-5-6-16-17(23-15)24(4)31(28,29)26(16)12-14-11-20(14,21)22/h5-7,14H,8-12H2,1-4H3. The largest absolute Gasteiger partial charge is 0.444 e. The number of aromatic nitrogens is 1. The summed E-state index contributed by atoms with van der Waals surface area (Å²) >= 11 is 0. The molecule has 0 aromatic carbocycles. The van der Waals surface area contributed by atoms with E-state index in [0.717, 1.165) is 14.2 Å². The van der Waals surface area contributed by atoms with E-state index in [9.17, 15) is 22.0 Å². The number of rotatable bonds is 3. The average Bonchev–Trinajstić information content (AvgIpc) is 3.24. The van der Waals surface area contributed by atoms with Crippen LogP contribution >= 0.6 is 0 Å². The third-order valence-corrected chi connectivity index (χ3v) is 7.35. The minimum Gasteiger partial charge on any atom is -0.444 e. The van der Waals surface area contributed by atoms with Crippen LogP contribution in [0.25, 0.3) is 5.57 Å². The second-order valence-corrected chi connectivity index (χ2v) is 11.0. The molecule has 0 spiro atoms. The Morgan fingerprint density at radius 3 is 2.55 bits per heavy atom. The number of carbonyl (C=O) groups excluding carboxylic acids is 1. The van der Waals surface area contributed by atoms with Gasteiger partial charge >= 0.3 is 16.3 Å². The summed E-state index contributed by atoms with van der Waals surface area (Å²) in [4.78, 5) is 18.3. The van der Waals surface area contributed by atoms with Crippen LogP contribution in [-0.2, 0) is 14.9 Å². The van der Waals surface area contributed by atoms with Crippen LogP contribution in [0.3, 0.4) is 0 Å². The van der Waals surface area contributed by atoms with Gasteiger partial charge in [0.2, 0.25) is 0 Å². The molecular formula is C20H26F2N4O4S. The first-order valence-corrected chi connectivity index (χ1v) is 11.5. The highest BCUT2D eigenvalue weighted by Crippen LogP contribution is 2.51. The predicted molar refractivity (Wildman–Crippen MR) is 112 cm³/mol. The smallest absolute Gasteiger partial charge is 0.410 e. The Balaban J connectivity index is 1.53. The van der Waals surface area contributed by atoms with Crippen molar-refractivity contribution in [3.8, 4) is 0 Å². The minimum atomic E-state index is -3.93. The Morgan fingerprint density at radius 1 is 1.32 bits per heavy atom. The van der Waals surface area contributed by atoms with Gasteiger partial charge in [-0.2, -0.15) is 8.42 Å². The van der Waals surface area contributed by atoms with Gasteiger partial charge in [0, 0.05) is 39.0 Å². The van der Waals surface area contributed by atoms with Crippen molar-refractivity contribution in [3.63, 3.8) is 0 Å². The fourth-order valence-corrected chi connectivity index (χ4v) is 5.09. The molecule has 1 amide bonds. The summed E-state index contributed by atoms with van der Waals surface area (Å²) in [5.41, 5.74) is 1.22. The molecule has 0 bridgehead atoms. The van der Waals surface area contributed by atoms with Crippen LogP contribution in [0.5, 0.6) is 0 Å². The number of amides is 1. The van der Waals surface area contributed by atoms with Crippen molar-refractivity contribution in [1.29, 1.82) is 0 Å². The number of halogens is 2. The summed E-state index contributed by atoms with van der Waals surface area (Å²) in [5, 5.41) is 0. The predicted octanol–water partition coefficient (Wildman–Crippen LogP) is 3.26. The maximum absolute atomic E-state index is 13.4. The van der Waals surface area contributed by atoms with Gasteiger partial charge in [-0.1, -0.05) is 6.08 Å². The van der Waals surface area contributed by atoms with E-state index in [1.807, 2.05) is 26.8 Å². The molecule has 4 rings (SSSR count). The van der Waals surface area contributed by atoms with E-state index in [1.54, 1.807) is 17.0 Å². The van der Waals surface area contributed by atoms with Crippen LogP contribution in [0.2, 0.25) is 0 Å². The summed E-state index contributed by atoms with van der Waals surface area (Å²) in [7, 11) is -2.56. The highest BCUT2D eigenvalue weighted by molar-refractivity contribution is 7.94. The molecule has 1 atom stereocenters. The van der Waals surface area contributed by atoms with Crippen molar-refractivity contribution in [3.05, 3.63) is 23.9 Å². The summed E-state index contributed by atoms with van der Waals surface area (Å²) in [6.07, 6.45) is 1.72. The first-order valence-electron chi connectivity index (χ1n) is 10.1. The van der Waals surface area contributed by atoms with Gasteiger partial charge in [0.25, 0.3) is 5.92 Å². The zero-order valence-corrected chi connectivity index (χ0v) is 18.7. The number of carbonyl (C=O) groups is 1. The second kappa shape index (κ2) is 7.04. The van der Waals surface area contributed by atoms with Gasteiger partial charge in [-0.15, -0.1) is 0 Å². The van der Waals surface area contributed by atoms with E-state index in [1.165, 1.54) is 7.05 Å². The third-order valence-electron chi connectivity index (χ3n) is 5.58. The fourth-order valence-electron chi connectivity index (χ4n) is 3.68. The third kappa shape index (κ3) is 4.07. The van der Waals surface area contributed by atoms with Crippen molar-refractivity contribution < 1.29 is 26.7 Å². The molecule has 1 fully saturated rings. The number of pyridine rings is 1.